The smallest absolute Gasteiger partial charge is 0.137 e. The van der Waals surface area contributed by atoms with E-state index in [1.54, 1.807) is 14.2 Å². The van der Waals surface area contributed by atoms with Crippen molar-refractivity contribution >= 4 is 17.4 Å². The van der Waals surface area contributed by atoms with Crippen molar-refractivity contribution in [3.05, 3.63) is 16.5 Å². The Labute approximate surface area is 131 Å². The van der Waals surface area contributed by atoms with Gasteiger partial charge in [-0.05, 0) is 26.7 Å². The van der Waals surface area contributed by atoms with Gasteiger partial charge < -0.3 is 14.4 Å². The van der Waals surface area contributed by atoms with Gasteiger partial charge in [-0.1, -0.05) is 11.6 Å². The lowest BCUT2D eigenvalue weighted by Crippen LogP contribution is -2.40. The van der Waals surface area contributed by atoms with Crippen molar-refractivity contribution in [1.82, 2.24) is 9.97 Å². The molecule has 6 heteroatoms. The summed E-state index contributed by atoms with van der Waals surface area (Å²) in [5, 5.41) is 0.550. The van der Waals surface area contributed by atoms with E-state index in [1.165, 1.54) is 0 Å². The van der Waals surface area contributed by atoms with Crippen LogP contribution in [0, 0.1) is 6.92 Å². The van der Waals surface area contributed by atoms with Crippen LogP contribution in [-0.2, 0) is 9.47 Å². The molecule has 2 rings (SSSR count). The van der Waals surface area contributed by atoms with Crippen molar-refractivity contribution in [3.63, 3.8) is 0 Å². The second kappa shape index (κ2) is 7.38. The SMILES string of the molecule is COCCN(c1nc(C2CC2)nc(Cl)c1C)C(C)COC. The van der Waals surface area contributed by atoms with Gasteiger partial charge in [-0.3, -0.25) is 0 Å². The summed E-state index contributed by atoms with van der Waals surface area (Å²) in [5.41, 5.74) is 0.917. The van der Waals surface area contributed by atoms with Crippen LogP contribution in [0.4, 0.5) is 5.82 Å². The molecule has 0 aliphatic heterocycles. The van der Waals surface area contributed by atoms with Crippen LogP contribution in [-0.4, -0.2) is 50.0 Å². The molecular formula is C15H24ClN3O2. The molecule has 1 unspecified atom stereocenters. The molecule has 0 aromatic carbocycles. The van der Waals surface area contributed by atoms with Gasteiger partial charge >= 0.3 is 0 Å². The summed E-state index contributed by atoms with van der Waals surface area (Å²) in [4.78, 5) is 11.4. The van der Waals surface area contributed by atoms with E-state index < -0.39 is 0 Å². The summed E-state index contributed by atoms with van der Waals surface area (Å²) >= 11 is 6.31. The predicted molar refractivity (Wildman–Crippen MR) is 84.3 cm³/mol. The fraction of sp³-hybridized carbons (Fsp3) is 0.733. The number of rotatable bonds is 8. The molecule has 1 aromatic heterocycles. The summed E-state index contributed by atoms with van der Waals surface area (Å²) in [6, 6.07) is 0.196. The van der Waals surface area contributed by atoms with Gasteiger partial charge in [0, 0.05) is 32.2 Å². The molecule has 5 nitrogen and oxygen atoms in total. The quantitative estimate of drug-likeness (QED) is 0.691. The molecule has 1 saturated carbocycles. The third kappa shape index (κ3) is 4.05. The Bertz CT molecular complexity index is 480. The Morgan fingerprint density at radius 1 is 1.29 bits per heavy atom. The van der Waals surface area contributed by atoms with Crippen LogP contribution in [0.5, 0.6) is 0 Å². The first-order chi connectivity index (χ1) is 10.1. The summed E-state index contributed by atoms with van der Waals surface area (Å²) in [6.45, 7) is 6.09. The molecule has 1 aliphatic rings. The van der Waals surface area contributed by atoms with Gasteiger partial charge in [-0.2, -0.15) is 0 Å². The van der Waals surface area contributed by atoms with Crippen LogP contribution >= 0.6 is 11.6 Å². The monoisotopic (exact) mass is 313 g/mol. The molecule has 1 heterocycles. The van der Waals surface area contributed by atoms with E-state index in [1.807, 2.05) is 6.92 Å². The van der Waals surface area contributed by atoms with Crippen LogP contribution in [0.15, 0.2) is 0 Å². The zero-order valence-corrected chi connectivity index (χ0v) is 14.0. The maximum atomic E-state index is 6.31. The summed E-state index contributed by atoms with van der Waals surface area (Å²) in [7, 11) is 3.41. The Morgan fingerprint density at radius 2 is 2.00 bits per heavy atom. The van der Waals surface area contributed by atoms with Crippen LogP contribution in [0.1, 0.15) is 37.1 Å². The van der Waals surface area contributed by atoms with Crippen molar-refractivity contribution in [2.75, 3.05) is 38.9 Å². The first-order valence-corrected chi connectivity index (χ1v) is 7.74. The third-order valence-electron chi connectivity index (χ3n) is 3.77. The van der Waals surface area contributed by atoms with Crippen molar-refractivity contribution < 1.29 is 9.47 Å². The lowest BCUT2D eigenvalue weighted by Gasteiger charge is -2.31. The minimum atomic E-state index is 0.196. The van der Waals surface area contributed by atoms with E-state index in [-0.39, 0.29) is 6.04 Å². The lowest BCUT2D eigenvalue weighted by molar-refractivity contribution is 0.170. The lowest BCUT2D eigenvalue weighted by atomic mass is 10.2. The minimum Gasteiger partial charge on any atom is -0.383 e. The van der Waals surface area contributed by atoms with Gasteiger partial charge in [-0.15, -0.1) is 0 Å². The second-order valence-corrected chi connectivity index (χ2v) is 5.94. The number of hydrogen-bond donors (Lipinski definition) is 0. The molecule has 21 heavy (non-hydrogen) atoms. The van der Waals surface area contributed by atoms with E-state index in [2.05, 4.69) is 16.8 Å². The molecule has 1 atom stereocenters. The molecule has 118 valence electrons. The zero-order valence-electron chi connectivity index (χ0n) is 13.2. The fourth-order valence-electron chi connectivity index (χ4n) is 2.35. The van der Waals surface area contributed by atoms with E-state index in [0.717, 1.165) is 36.6 Å². The van der Waals surface area contributed by atoms with Crippen LogP contribution < -0.4 is 4.90 Å². The molecule has 0 radical (unpaired) electrons. The highest BCUT2D eigenvalue weighted by Crippen LogP contribution is 2.40. The van der Waals surface area contributed by atoms with E-state index in [9.17, 15) is 0 Å². The number of aromatic nitrogens is 2. The van der Waals surface area contributed by atoms with Crippen molar-refractivity contribution in [2.45, 2.75) is 38.6 Å². The highest BCUT2D eigenvalue weighted by molar-refractivity contribution is 6.30. The summed E-state index contributed by atoms with van der Waals surface area (Å²) in [5.74, 6) is 2.25. The van der Waals surface area contributed by atoms with Crippen LogP contribution in [0.3, 0.4) is 0 Å². The van der Waals surface area contributed by atoms with Crippen LogP contribution in [0.2, 0.25) is 5.15 Å². The maximum absolute atomic E-state index is 6.31. The fourth-order valence-corrected chi connectivity index (χ4v) is 2.52. The number of halogens is 1. The Kier molecular flexibility index (Phi) is 5.79. The van der Waals surface area contributed by atoms with Crippen molar-refractivity contribution in [3.8, 4) is 0 Å². The first kappa shape index (κ1) is 16.5. The van der Waals surface area contributed by atoms with Gasteiger partial charge in [0.25, 0.3) is 0 Å². The molecule has 1 aromatic rings. The number of anilines is 1. The molecule has 0 amide bonds. The molecule has 0 N–H and O–H groups in total. The maximum Gasteiger partial charge on any atom is 0.137 e. The number of methoxy groups -OCH3 is 2. The molecule has 1 fully saturated rings. The Morgan fingerprint density at radius 3 is 2.57 bits per heavy atom. The average Bonchev–Trinajstić information content (AvgIpc) is 3.28. The third-order valence-corrected chi connectivity index (χ3v) is 4.14. The number of nitrogens with zero attached hydrogens (tertiary/aromatic N) is 3. The molecular weight excluding hydrogens is 290 g/mol. The first-order valence-electron chi connectivity index (χ1n) is 7.37. The van der Waals surface area contributed by atoms with Crippen molar-refractivity contribution in [1.29, 1.82) is 0 Å². The largest absolute Gasteiger partial charge is 0.383 e. The highest BCUT2D eigenvalue weighted by Gasteiger charge is 2.29. The van der Waals surface area contributed by atoms with Gasteiger partial charge in [0.1, 0.15) is 16.8 Å². The summed E-state index contributed by atoms with van der Waals surface area (Å²) in [6.07, 6.45) is 2.31. The molecule has 0 bridgehead atoms. The molecule has 0 saturated heterocycles. The molecule has 1 aliphatic carbocycles. The zero-order chi connectivity index (χ0) is 15.4. The van der Waals surface area contributed by atoms with E-state index in [0.29, 0.717) is 24.3 Å². The van der Waals surface area contributed by atoms with Crippen LogP contribution in [0.25, 0.3) is 0 Å². The van der Waals surface area contributed by atoms with Crippen molar-refractivity contribution in [2.24, 2.45) is 0 Å². The average molecular weight is 314 g/mol. The highest BCUT2D eigenvalue weighted by atomic mass is 35.5. The van der Waals surface area contributed by atoms with Gasteiger partial charge in [0.2, 0.25) is 0 Å². The van der Waals surface area contributed by atoms with Gasteiger partial charge in [0.15, 0.2) is 0 Å². The standard InChI is InChI=1S/C15H24ClN3O2/c1-10(9-21-4)19(7-8-20-3)15-11(2)13(16)17-14(18-15)12-5-6-12/h10,12H,5-9H2,1-4H3. The van der Waals surface area contributed by atoms with Gasteiger partial charge in [-0.25, -0.2) is 9.97 Å². The van der Waals surface area contributed by atoms with E-state index in [4.69, 9.17) is 26.1 Å². The van der Waals surface area contributed by atoms with E-state index >= 15 is 0 Å². The number of hydrogen-bond acceptors (Lipinski definition) is 5. The Hall–Kier alpha value is -0.910. The second-order valence-electron chi connectivity index (χ2n) is 5.59. The summed E-state index contributed by atoms with van der Waals surface area (Å²) < 4.78 is 10.5. The Balaban J connectivity index is 2.32. The number of ether oxygens (including phenoxy) is 2. The predicted octanol–water partition coefficient (Wildman–Crippen LogP) is 2.80. The topological polar surface area (TPSA) is 47.5 Å². The molecule has 0 spiro atoms. The minimum absolute atomic E-state index is 0.196. The van der Waals surface area contributed by atoms with Gasteiger partial charge in [0.05, 0.1) is 19.3 Å². The normalized spacial score (nSPS) is 16.0.